The summed E-state index contributed by atoms with van der Waals surface area (Å²) < 4.78 is 43.8. The van der Waals surface area contributed by atoms with Gasteiger partial charge in [-0.3, -0.25) is 4.55 Å². The average molecular weight is 474 g/mol. The Morgan fingerprint density at radius 1 is 1.33 bits per heavy atom. The van der Waals surface area contributed by atoms with Crippen LogP contribution in [-0.2, 0) is 26.2 Å². The molecule has 4 heterocycles. The zero-order chi connectivity index (χ0) is 21.7. The molecule has 1 N–H and O–H groups in total. The van der Waals surface area contributed by atoms with Crippen LogP contribution >= 0.6 is 11.3 Å². The number of ether oxygens (including phenoxy) is 1. The Bertz CT molecular complexity index is 1050. The van der Waals surface area contributed by atoms with E-state index in [1.165, 1.54) is 16.2 Å². The van der Waals surface area contributed by atoms with Gasteiger partial charge < -0.3 is 14.2 Å². The fourth-order valence-electron chi connectivity index (χ4n) is 3.54. The zero-order valence-electron chi connectivity index (χ0n) is 16.8. The summed E-state index contributed by atoms with van der Waals surface area (Å²) in [5.41, 5.74) is 2.24. The summed E-state index contributed by atoms with van der Waals surface area (Å²) in [5, 5.41) is 0.685. The Labute approximate surface area is 179 Å². The van der Waals surface area contributed by atoms with Crippen LogP contribution in [0.4, 0.5) is 4.79 Å². The Hall–Kier alpha value is -1.84. The number of carbonyl (C=O) groups excluding carboxylic acids is 1. The highest BCUT2D eigenvalue weighted by Crippen LogP contribution is 2.47. The standard InChI is InChI=1S/C16H23N5O6S2Si/c1-30(2,3)7-6-26-10-19-5-4-17-15(19)13-12-14(28-9-18-12)11-8-20(13)16(22)21(11)27-29(23,24)25/h4-5,9,11,13H,6-8,10H2,1-3H3,(H,23,24,25)/t11-,13+/m1/s1. The number of aromatic nitrogens is 3. The van der Waals surface area contributed by atoms with Gasteiger partial charge in [-0.15, -0.1) is 15.6 Å². The topological polar surface area (TPSA) is 127 Å². The largest absolute Gasteiger partial charge is 0.418 e. The first kappa shape index (κ1) is 21.4. The van der Waals surface area contributed by atoms with Gasteiger partial charge in [-0.25, -0.2) is 14.8 Å². The molecule has 0 aromatic carbocycles. The first-order chi connectivity index (χ1) is 14.1. The summed E-state index contributed by atoms with van der Waals surface area (Å²) in [5.74, 6) is 0.565. The van der Waals surface area contributed by atoms with Crippen LogP contribution in [0.3, 0.4) is 0 Å². The Morgan fingerprint density at radius 3 is 2.80 bits per heavy atom. The van der Waals surface area contributed by atoms with Crippen LogP contribution < -0.4 is 0 Å². The predicted molar refractivity (Wildman–Crippen MR) is 110 cm³/mol. The molecule has 0 spiro atoms. The highest BCUT2D eigenvalue weighted by molar-refractivity contribution is 7.80. The highest BCUT2D eigenvalue weighted by Gasteiger charge is 2.53. The van der Waals surface area contributed by atoms with Crippen molar-refractivity contribution in [2.75, 3.05) is 13.2 Å². The quantitative estimate of drug-likeness (QED) is 0.351. The van der Waals surface area contributed by atoms with Gasteiger partial charge in [-0.2, -0.15) is 13.5 Å². The molecule has 1 fully saturated rings. The fraction of sp³-hybridized carbons (Fsp3) is 0.562. The number of nitrogens with zero attached hydrogens (tertiary/aromatic N) is 5. The minimum absolute atomic E-state index is 0.192. The molecule has 2 aromatic rings. The third-order valence-electron chi connectivity index (χ3n) is 4.98. The van der Waals surface area contributed by atoms with Gasteiger partial charge in [0.2, 0.25) is 0 Å². The summed E-state index contributed by atoms with van der Waals surface area (Å²) in [6.07, 6.45) is 3.40. The smallest absolute Gasteiger partial charge is 0.361 e. The Kier molecular flexibility index (Phi) is 5.48. The molecule has 2 atom stereocenters. The van der Waals surface area contributed by atoms with Crippen LogP contribution in [0.15, 0.2) is 17.9 Å². The van der Waals surface area contributed by atoms with Gasteiger partial charge in [0, 0.05) is 27.1 Å². The molecule has 0 aliphatic carbocycles. The lowest BCUT2D eigenvalue weighted by atomic mass is 10.0. The van der Waals surface area contributed by atoms with Gasteiger partial charge >= 0.3 is 16.4 Å². The molecule has 0 saturated carbocycles. The van der Waals surface area contributed by atoms with E-state index in [0.29, 0.717) is 28.1 Å². The van der Waals surface area contributed by atoms with Gasteiger partial charge in [-0.1, -0.05) is 19.6 Å². The maximum Gasteiger partial charge on any atom is 0.418 e. The number of fused-ring (bicyclic) bond motifs is 4. The fourth-order valence-corrected chi connectivity index (χ4v) is 5.56. The number of urea groups is 1. The van der Waals surface area contributed by atoms with E-state index in [9.17, 15) is 13.2 Å². The molecule has 0 unspecified atom stereocenters. The van der Waals surface area contributed by atoms with E-state index in [1.807, 2.05) is 4.57 Å². The SMILES string of the molecule is C[Si](C)(C)CCOCn1ccnc1[C@@H]1c2ncsc2[C@H]2CN1C(=O)N2OS(=O)(=O)O. The van der Waals surface area contributed by atoms with E-state index in [0.717, 1.165) is 6.04 Å². The summed E-state index contributed by atoms with van der Waals surface area (Å²) >= 11 is 1.30. The second-order valence-electron chi connectivity index (χ2n) is 8.39. The number of hydrogen-bond acceptors (Lipinski definition) is 8. The molecule has 11 nitrogen and oxygen atoms in total. The maximum atomic E-state index is 12.9. The van der Waals surface area contributed by atoms with Gasteiger partial charge in [0.1, 0.15) is 24.6 Å². The number of hydrogen-bond donors (Lipinski definition) is 1. The molecule has 1 saturated heterocycles. The lowest BCUT2D eigenvalue weighted by molar-refractivity contribution is -0.0308. The van der Waals surface area contributed by atoms with Crippen molar-refractivity contribution in [2.24, 2.45) is 0 Å². The van der Waals surface area contributed by atoms with E-state index in [1.54, 1.807) is 17.9 Å². The molecule has 164 valence electrons. The normalized spacial score (nSPS) is 21.4. The van der Waals surface area contributed by atoms with Crippen molar-refractivity contribution in [3.8, 4) is 0 Å². The van der Waals surface area contributed by atoms with Crippen LogP contribution in [0, 0.1) is 0 Å². The molecule has 0 radical (unpaired) electrons. The maximum absolute atomic E-state index is 12.9. The molecule has 2 amide bonds. The molecule has 4 rings (SSSR count). The van der Waals surface area contributed by atoms with Gasteiger partial charge in [0.05, 0.1) is 22.6 Å². The van der Waals surface area contributed by atoms with Crippen LogP contribution in [0.5, 0.6) is 0 Å². The molecule has 14 heteroatoms. The predicted octanol–water partition coefficient (Wildman–Crippen LogP) is 2.27. The van der Waals surface area contributed by atoms with Gasteiger partial charge in [-0.05, 0) is 6.04 Å². The van der Waals surface area contributed by atoms with Crippen LogP contribution in [0.2, 0.25) is 25.7 Å². The minimum Gasteiger partial charge on any atom is -0.361 e. The van der Waals surface area contributed by atoms with E-state index < -0.39 is 36.6 Å². The molecule has 2 aliphatic heterocycles. The second-order valence-corrected chi connectivity index (χ2v) is 15.9. The first-order valence-electron chi connectivity index (χ1n) is 9.34. The summed E-state index contributed by atoms with van der Waals surface area (Å²) in [7, 11) is -6.06. The number of imidazole rings is 1. The third-order valence-corrected chi connectivity index (χ3v) is 7.98. The Morgan fingerprint density at radius 2 is 2.10 bits per heavy atom. The number of thiazole rings is 1. The minimum atomic E-state index is -4.85. The summed E-state index contributed by atoms with van der Waals surface area (Å²) in [6.45, 7) is 7.95. The lowest BCUT2D eigenvalue weighted by Gasteiger charge is -2.29. The monoisotopic (exact) mass is 473 g/mol. The number of carbonyl (C=O) groups is 1. The molecular formula is C16H23N5O6S2Si. The highest BCUT2D eigenvalue weighted by atomic mass is 32.3. The van der Waals surface area contributed by atoms with Crippen molar-refractivity contribution in [1.82, 2.24) is 24.5 Å². The van der Waals surface area contributed by atoms with Crippen LogP contribution in [-0.4, -0.2) is 64.7 Å². The third kappa shape index (κ3) is 4.15. The Balaban J connectivity index is 1.60. The molecule has 2 aromatic heterocycles. The van der Waals surface area contributed by atoms with E-state index in [4.69, 9.17) is 9.29 Å². The van der Waals surface area contributed by atoms with E-state index in [2.05, 4.69) is 33.9 Å². The van der Waals surface area contributed by atoms with Crippen LogP contribution in [0.1, 0.15) is 28.5 Å². The van der Waals surface area contributed by atoms with Crippen molar-refractivity contribution >= 4 is 35.8 Å². The molecule has 30 heavy (non-hydrogen) atoms. The number of rotatable bonds is 8. The van der Waals surface area contributed by atoms with Crippen molar-refractivity contribution < 1.29 is 26.8 Å². The summed E-state index contributed by atoms with van der Waals surface area (Å²) in [6, 6.07) is -0.928. The van der Waals surface area contributed by atoms with Crippen molar-refractivity contribution in [1.29, 1.82) is 0 Å². The molecular weight excluding hydrogens is 450 g/mol. The van der Waals surface area contributed by atoms with Crippen molar-refractivity contribution in [2.45, 2.75) is 44.5 Å². The van der Waals surface area contributed by atoms with E-state index in [-0.39, 0.29) is 13.3 Å². The van der Waals surface area contributed by atoms with Crippen molar-refractivity contribution in [3.05, 3.63) is 34.3 Å². The average Bonchev–Trinajstić information content (AvgIpc) is 3.34. The van der Waals surface area contributed by atoms with Gasteiger partial charge in [0.25, 0.3) is 0 Å². The first-order valence-corrected chi connectivity index (χ1v) is 15.3. The molecule has 2 aliphatic rings. The van der Waals surface area contributed by atoms with Crippen molar-refractivity contribution in [3.63, 3.8) is 0 Å². The van der Waals surface area contributed by atoms with Gasteiger partial charge in [0.15, 0.2) is 0 Å². The second kappa shape index (κ2) is 7.69. The number of amides is 2. The lowest BCUT2D eigenvalue weighted by Crippen LogP contribution is -2.37. The molecule has 2 bridgehead atoms. The van der Waals surface area contributed by atoms with Crippen LogP contribution in [0.25, 0.3) is 0 Å². The zero-order valence-corrected chi connectivity index (χ0v) is 19.4. The number of hydroxylamine groups is 2. The van der Waals surface area contributed by atoms with E-state index >= 15 is 0 Å². The summed E-state index contributed by atoms with van der Waals surface area (Å²) in [4.78, 5) is 23.9.